The van der Waals surface area contributed by atoms with E-state index in [4.69, 9.17) is 10.6 Å². The largest absolute Gasteiger partial charge is 0.487 e. The molecule has 2 aromatic rings. The van der Waals surface area contributed by atoms with E-state index >= 15 is 0 Å². The molecule has 0 saturated carbocycles. The summed E-state index contributed by atoms with van der Waals surface area (Å²) in [6.07, 6.45) is 0. The maximum absolute atomic E-state index is 12.0. The van der Waals surface area contributed by atoms with Crippen LogP contribution < -0.4 is 20.9 Å². The van der Waals surface area contributed by atoms with E-state index in [-0.39, 0.29) is 6.03 Å². The third-order valence-electron chi connectivity index (χ3n) is 3.35. The van der Waals surface area contributed by atoms with Crippen molar-refractivity contribution in [3.8, 4) is 5.75 Å². The number of hydrogen-bond donors (Lipinski definition) is 2. The number of nitrogens with zero attached hydrogens (tertiary/aromatic N) is 1. The fourth-order valence-corrected chi connectivity index (χ4v) is 2.32. The molecule has 0 spiro atoms. The molecule has 0 radical (unpaired) electrons. The molecule has 2 aromatic carbocycles. The molecule has 0 fully saturated rings. The van der Waals surface area contributed by atoms with Crippen molar-refractivity contribution in [3.05, 3.63) is 59.7 Å². The van der Waals surface area contributed by atoms with Crippen molar-refractivity contribution in [3.63, 3.8) is 0 Å². The van der Waals surface area contributed by atoms with Gasteiger partial charge in [-0.15, -0.1) is 0 Å². The number of fused-ring (bicyclic) bond motifs is 2. The molecule has 2 amide bonds. The second-order valence-electron chi connectivity index (χ2n) is 4.56. The molecule has 0 aliphatic carbocycles. The van der Waals surface area contributed by atoms with E-state index in [2.05, 4.69) is 5.43 Å². The smallest absolute Gasteiger partial charge is 0.336 e. The number of hydrazine groups is 1. The summed E-state index contributed by atoms with van der Waals surface area (Å²) < 4.78 is 5.82. The molecule has 1 heterocycles. The number of urea groups is 1. The molecule has 0 bridgehead atoms. The maximum atomic E-state index is 12.0. The first-order chi connectivity index (χ1) is 9.79. The maximum Gasteiger partial charge on any atom is 0.336 e. The summed E-state index contributed by atoms with van der Waals surface area (Å²) in [6, 6.07) is 15.0. The summed E-state index contributed by atoms with van der Waals surface area (Å²) in [5.41, 5.74) is 5.01. The Hall–Kier alpha value is -2.53. The van der Waals surface area contributed by atoms with Crippen molar-refractivity contribution < 1.29 is 9.53 Å². The van der Waals surface area contributed by atoms with Gasteiger partial charge < -0.3 is 4.74 Å². The number of carbonyl (C=O) groups is 1. The topological polar surface area (TPSA) is 67.6 Å². The van der Waals surface area contributed by atoms with Crippen LogP contribution in [0.5, 0.6) is 5.75 Å². The molecule has 3 N–H and O–H groups in total. The fourth-order valence-electron chi connectivity index (χ4n) is 2.32. The Labute approximate surface area is 116 Å². The lowest BCUT2D eigenvalue weighted by molar-refractivity contribution is 0.245. The van der Waals surface area contributed by atoms with Crippen molar-refractivity contribution >= 4 is 11.7 Å². The third-order valence-corrected chi connectivity index (χ3v) is 3.35. The Morgan fingerprint density at radius 3 is 2.60 bits per heavy atom. The Kier molecular flexibility index (Phi) is 3.26. The van der Waals surface area contributed by atoms with Gasteiger partial charge in [0.15, 0.2) is 0 Å². The molecule has 102 valence electrons. The van der Waals surface area contributed by atoms with Gasteiger partial charge >= 0.3 is 6.03 Å². The van der Waals surface area contributed by atoms with Crippen molar-refractivity contribution in [1.82, 2.24) is 5.43 Å². The number of para-hydroxylation sites is 2. The number of nitrogens with two attached hydrogens (primary N) is 1. The van der Waals surface area contributed by atoms with Gasteiger partial charge in [0.2, 0.25) is 0 Å². The molecule has 3 rings (SSSR count). The van der Waals surface area contributed by atoms with Crippen LogP contribution in [0.2, 0.25) is 0 Å². The molecule has 0 unspecified atom stereocenters. The number of amides is 2. The highest BCUT2D eigenvalue weighted by molar-refractivity contribution is 5.93. The van der Waals surface area contributed by atoms with Crippen LogP contribution >= 0.6 is 0 Å². The number of carbonyl (C=O) groups excluding carboxylic acids is 1. The number of anilines is 1. The minimum atomic E-state index is -0.363. The highest BCUT2D eigenvalue weighted by Crippen LogP contribution is 2.32. The van der Waals surface area contributed by atoms with E-state index in [1.54, 1.807) is 4.90 Å². The molecule has 1 aliphatic rings. The number of nitrogens with one attached hydrogen (secondary N) is 1. The molecule has 0 atom stereocenters. The molecule has 0 saturated heterocycles. The minimum Gasteiger partial charge on any atom is -0.487 e. The summed E-state index contributed by atoms with van der Waals surface area (Å²) in [5.74, 6) is 5.96. The molecule has 5 heteroatoms. The highest BCUT2D eigenvalue weighted by Gasteiger charge is 2.22. The molecular weight excluding hydrogens is 254 g/mol. The lowest BCUT2D eigenvalue weighted by atomic mass is 10.1. The summed E-state index contributed by atoms with van der Waals surface area (Å²) in [5, 5.41) is 0. The predicted molar refractivity (Wildman–Crippen MR) is 76.1 cm³/mol. The Morgan fingerprint density at radius 2 is 1.80 bits per heavy atom. The van der Waals surface area contributed by atoms with Gasteiger partial charge in [-0.1, -0.05) is 36.4 Å². The van der Waals surface area contributed by atoms with Gasteiger partial charge in [0.1, 0.15) is 12.4 Å². The van der Waals surface area contributed by atoms with Crippen LogP contribution in [0.15, 0.2) is 48.5 Å². The number of ether oxygens (including phenoxy) is 1. The van der Waals surface area contributed by atoms with E-state index < -0.39 is 0 Å². The van der Waals surface area contributed by atoms with Gasteiger partial charge in [-0.25, -0.2) is 10.6 Å². The van der Waals surface area contributed by atoms with E-state index in [9.17, 15) is 4.79 Å². The normalized spacial score (nSPS) is 13.3. The third kappa shape index (κ3) is 2.19. The second-order valence-corrected chi connectivity index (χ2v) is 4.56. The van der Waals surface area contributed by atoms with E-state index in [1.165, 1.54) is 0 Å². The average molecular weight is 269 g/mol. The van der Waals surface area contributed by atoms with Crippen LogP contribution in [0, 0.1) is 0 Å². The number of hydrogen-bond acceptors (Lipinski definition) is 3. The van der Waals surface area contributed by atoms with Crippen LogP contribution in [0.1, 0.15) is 11.1 Å². The first-order valence-corrected chi connectivity index (χ1v) is 6.36. The number of benzene rings is 2. The van der Waals surface area contributed by atoms with Crippen LogP contribution in [-0.2, 0) is 13.2 Å². The predicted octanol–water partition coefficient (Wildman–Crippen LogP) is 2.17. The monoisotopic (exact) mass is 269 g/mol. The molecule has 1 aliphatic heterocycles. The standard InChI is InChI=1S/C15H15N3O2/c16-17-15(19)18-9-11-5-1-2-6-12(11)10-20-14-8-4-3-7-13(14)18/h1-8H,9-10,16H2,(H,17,19). The van der Waals surface area contributed by atoms with E-state index in [0.717, 1.165) is 11.1 Å². The van der Waals surface area contributed by atoms with Crippen LogP contribution in [0.3, 0.4) is 0 Å². The lowest BCUT2D eigenvalue weighted by Gasteiger charge is -2.28. The van der Waals surface area contributed by atoms with Gasteiger partial charge in [0.25, 0.3) is 0 Å². The zero-order valence-electron chi connectivity index (χ0n) is 10.9. The molecule has 20 heavy (non-hydrogen) atoms. The zero-order valence-corrected chi connectivity index (χ0v) is 10.9. The molecule has 0 aromatic heterocycles. The van der Waals surface area contributed by atoms with Crippen LogP contribution in [0.25, 0.3) is 0 Å². The summed E-state index contributed by atoms with van der Waals surface area (Å²) >= 11 is 0. The summed E-state index contributed by atoms with van der Waals surface area (Å²) in [6.45, 7) is 0.949. The van der Waals surface area contributed by atoms with E-state index in [1.807, 2.05) is 48.5 Å². The van der Waals surface area contributed by atoms with E-state index in [0.29, 0.717) is 24.6 Å². The quantitative estimate of drug-likeness (QED) is 0.437. The van der Waals surface area contributed by atoms with Crippen molar-refractivity contribution in [2.45, 2.75) is 13.2 Å². The van der Waals surface area contributed by atoms with Crippen molar-refractivity contribution in [2.75, 3.05) is 4.90 Å². The first-order valence-electron chi connectivity index (χ1n) is 6.36. The second kappa shape index (κ2) is 5.22. The first kappa shape index (κ1) is 12.5. The van der Waals surface area contributed by atoms with Gasteiger partial charge in [-0.3, -0.25) is 10.3 Å². The van der Waals surface area contributed by atoms with Gasteiger partial charge in [-0.2, -0.15) is 0 Å². The van der Waals surface area contributed by atoms with Crippen molar-refractivity contribution in [2.24, 2.45) is 5.84 Å². The van der Waals surface area contributed by atoms with Gasteiger partial charge in [0.05, 0.1) is 12.2 Å². The van der Waals surface area contributed by atoms with Crippen LogP contribution in [-0.4, -0.2) is 6.03 Å². The summed E-state index contributed by atoms with van der Waals surface area (Å²) in [7, 11) is 0. The lowest BCUT2D eigenvalue weighted by Crippen LogP contribution is -2.43. The highest BCUT2D eigenvalue weighted by atomic mass is 16.5. The summed E-state index contributed by atoms with van der Waals surface area (Å²) in [4.78, 5) is 13.6. The molecular formula is C15H15N3O2. The number of rotatable bonds is 0. The fraction of sp³-hybridized carbons (Fsp3) is 0.133. The van der Waals surface area contributed by atoms with Crippen molar-refractivity contribution in [1.29, 1.82) is 0 Å². The van der Waals surface area contributed by atoms with Gasteiger partial charge in [-0.05, 0) is 23.3 Å². The minimum absolute atomic E-state index is 0.363. The SMILES string of the molecule is NNC(=O)N1Cc2ccccc2COc2ccccc21. The zero-order chi connectivity index (χ0) is 13.9. The Morgan fingerprint density at radius 1 is 1.10 bits per heavy atom. The average Bonchev–Trinajstić information content (AvgIpc) is 2.49. The van der Waals surface area contributed by atoms with Crippen LogP contribution in [0.4, 0.5) is 10.5 Å². The van der Waals surface area contributed by atoms with Gasteiger partial charge in [0, 0.05) is 0 Å². The Bertz CT molecular complexity index is 643. The molecule has 5 nitrogen and oxygen atoms in total. The Balaban J connectivity index is 2.08.